The molecule has 0 bridgehead atoms. The molecule has 0 amide bonds. The molecule has 0 aliphatic heterocycles. The Hall–Kier alpha value is -0.590. The van der Waals surface area contributed by atoms with Gasteiger partial charge in [-0.05, 0) is 13.3 Å². The lowest BCUT2D eigenvalue weighted by Gasteiger charge is -1.96. The van der Waals surface area contributed by atoms with Crippen molar-refractivity contribution in [1.82, 2.24) is 0 Å². The predicted molar refractivity (Wildman–Crippen MR) is 39.3 cm³/mol. The highest BCUT2D eigenvalue weighted by molar-refractivity contribution is 5.79. The van der Waals surface area contributed by atoms with E-state index in [2.05, 4.69) is 6.92 Å². The third-order valence-electron chi connectivity index (χ3n) is 1.30. The van der Waals surface area contributed by atoms with Crippen molar-refractivity contribution in [3.63, 3.8) is 0 Å². The molecule has 0 fully saturated rings. The highest BCUT2D eigenvalue weighted by Gasteiger charge is 1.99. The van der Waals surface area contributed by atoms with Crippen molar-refractivity contribution in [2.75, 3.05) is 0 Å². The van der Waals surface area contributed by atoms with E-state index in [1.807, 2.05) is 19.1 Å². The summed E-state index contributed by atoms with van der Waals surface area (Å²) in [6, 6.07) is 0. The Morgan fingerprint density at radius 1 is 1.67 bits per heavy atom. The van der Waals surface area contributed by atoms with Gasteiger partial charge in [0.15, 0.2) is 0 Å². The van der Waals surface area contributed by atoms with Crippen LogP contribution in [0.3, 0.4) is 0 Å². The van der Waals surface area contributed by atoms with Crippen molar-refractivity contribution < 1.29 is 4.79 Å². The normalized spacial score (nSPS) is 14.1. The van der Waals surface area contributed by atoms with Gasteiger partial charge in [-0.15, -0.1) is 0 Å². The summed E-state index contributed by atoms with van der Waals surface area (Å²) in [5.74, 6) is 0.338. The van der Waals surface area contributed by atoms with Crippen LogP contribution in [-0.4, -0.2) is 5.78 Å². The molecule has 0 rings (SSSR count). The number of Topliss-reactive ketones (excluding diaryl/α,β-unsaturated/α-hetero) is 1. The quantitative estimate of drug-likeness (QED) is 0.530. The van der Waals surface area contributed by atoms with Crippen LogP contribution in [0.4, 0.5) is 0 Å². The molecule has 1 heteroatoms. The first-order valence-corrected chi connectivity index (χ1v) is 3.35. The van der Waals surface area contributed by atoms with Gasteiger partial charge in [-0.2, -0.15) is 0 Å². The molecule has 0 aromatic rings. The first-order chi connectivity index (χ1) is 4.18. The summed E-state index contributed by atoms with van der Waals surface area (Å²) in [6.07, 6.45) is 4.98. The summed E-state index contributed by atoms with van der Waals surface area (Å²) < 4.78 is 0. The maximum atomic E-state index is 10.6. The second kappa shape index (κ2) is 4.30. The lowest BCUT2D eigenvalue weighted by atomic mass is 10.1. The van der Waals surface area contributed by atoms with E-state index in [1.165, 1.54) is 0 Å². The second-order valence-corrected chi connectivity index (χ2v) is 2.24. The first-order valence-electron chi connectivity index (χ1n) is 3.35. The van der Waals surface area contributed by atoms with Crippen molar-refractivity contribution in [2.45, 2.75) is 27.2 Å². The van der Waals surface area contributed by atoms with Crippen LogP contribution in [0.1, 0.15) is 27.2 Å². The topological polar surface area (TPSA) is 17.1 Å². The molecule has 1 unspecified atom stereocenters. The minimum Gasteiger partial charge on any atom is -0.299 e. The van der Waals surface area contributed by atoms with Crippen LogP contribution in [0.5, 0.6) is 0 Å². The minimum absolute atomic E-state index is 0.102. The predicted octanol–water partition coefficient (Wildman–Crippen LogP) is 2.18. The van der Waals surface area contributed by atoms with Gasteiger partial charge in [0, 0.05) is 5.92 Å². The van der Waals surface area contributed by atoms with E-state index in [4.69, 9.17) is 0 Å². The Kier molecular flexibility index (Phi) is 4.02. The van der Waals surface area contributed by atoms with Crippen LogP contribution in [0, 0.1) is 5.92 Å². The third kappa shape index (κ3) is 3.95. The van der Waals surface area contributed by atoms with E-state index in [9.17, 15) is 4.79 Å². The molecule has 0 aliphatic carbocycles. The van der Waals surface area contributed by atoms with Gasteiger partial charge >= 0.3 is 0 Å². The van der Waals surface area contributed by atoms with Crippen LogP contribution in [0.15, 0.2) is 12.2 Å². The maximum absolute atomic E-state index is 10.6. The van der Waals surface area contributed by atoms with Gasteiger partial charge < -0.3 is 0 Å². The fourth-order valence-corrected chi connectivity index (χ4v) is 0.476. The smallest absolute Gasteiger partial charge is 0.136 e. The molecular weight excluding hydrogens is 112 g/mol. The number of ketones is 1. The van der Waals surface area contributed by atoms with Gasteiger partial charge in [0.05, 0.1) is 0 Å². The van der Waals surface area contributed by atoms with Crippen molar-refractivity contribution in [1.29, 1.82) is 0 Å². The zero-order chi connectivity index (χ0) is 7.28. The maximum Gasteiger partial charge on any atom is 0.136 e. The molecule has 9 heavy (non-hydrogen) atoms. The molecule has 52 valence electrons. The SMILES string of the molecule is CC/C=C/C(C)C(C)=O. The highest BCUT2D eigenvalue weighted by atomic mass is 16.1. The Balaban J connectivity index is 3.62. The van der Waals surface area contributed by atoms with Gasteiger partial charge in [-0.1, -0.05) is 26.0 Å². The second-order valence-electron chi connectivity index (χ2n) is 2.24. The Morgan fingerprint density at radius 3 is 2.56 bits per heavy atom. The lowest BCUT2D eigenvalue weighted by Crippen LogP contribution is -2.01. The van der Waals surface area contributed by atoms with Crippen LogP contribution in [0.25, 0.3) is 0 Å². The summed E-state index contributed by atoms with van der Waals surface area (Å²) in [5.41, 5.74) is 0. The zero-order valence-electron chi connectivity index (χ0n) is 6.35. The molecule has 0 spiro atoms. The van der Waals surface area contributed by atoms with E-state index in [0.717, 1.165) is 6.42 Å². The van der Waals surface area contributed by atoms with Crippen molar-refractivity contribution >= 4 is 5.78 Å². The number of hydrogen-bond acceptors (Lipinski definition) is 1. The molecule has 0 aromatic heterocycles. The number of carbonyl (C=O) groups is 1. The molecule has 1 atom stereocenters. The minimum atomic E-state index is 0.102. The number of carbonyl (C=O) groups excluding carboxylic acids is 1. The van der Waals surface area contributed by atoms with Crippen LogP contribution in [-0.2, 0) is 4.79 Å². The van der Waals surface area contributed by atoms with E-state index in [1.54, 1.807) is 6.92 Å². The van der Waals surface area contributed by atoms with Gasteiger partial charge in [0.1, 0.15) is 5.78 Å². The van der Waals surface area contributed by atoms with Gasteiger partial charge in [0.2, 0.25) is 0 Å². The fraction of sp³-hybridized carbons (Fsp3) is 0.625. The molecule has 0 heterocycles. The lowest BCUT2D eigenvalue weighted by molar-refractivity contribution is -0.118. The van der Waals surface area contributed by atoms with Gasteiger partial charge in [-0.3, -0.25) is 4.79 Å². The first kappa shape index (κ1) is 8.41. The molecule has 1 nitrogen and oxygen atoms in total. The van der Waals surface area contributed by atoms with Crippen molar-refractivity contribution in [3.05, 3.63) is 12.2 Å². The molecular formula is C8H14O. The Morgan fingerprint density at radius 2 is 2.22 bits per heavy atom. The summed E-state index contributed by atoms with van der Waals surface area (Å²) in [4.78, 5) is 10.6. The number of allylic oxidation sites excluding steroid dienone is 2. The number of hydrogen-bond donors (Lipinski definition) is 0. The Labute approximate surface area is 56.8 Å². The molecule has 0 aliphatic rings. The summed E-state index contributed by atoms with van der Waals surface area (Å²) in [5, 5.41) is 0. The summed E-state index contributed by atoms with van der Waals surface area (Å²) >= 11 is 0. The zero-order valence-corrected chi connectivity index (χ0v) is 6.35. The molecule has 0 radical (unpaired) electrons. The van der Waals surface area contributed by atoms with E-state index < -0.39 is 0 Å². The van der Waals surface area contributed by atoms with E-state index >= 15 is 0 Å². The third-order valence-corrected chi connectivity index (χ3v) is 1.30. The summed E-state index contributed by atoms with van der Waals surface area (Å²) in [7, 11) is 0. The molecule has 0 N–H and O–H groups in total. The number of rotatable bonds is 3. The van der Waals surface area contributed by atoms with E-state index in [0.29, 0.717) is 0 Å². The monoisotopic (exact) mass is 126 g/mol. The standard InChI is InChI=1S/C8H14O/c1-4-5-6-7(2)8(3)9/h5-7H,4H2,1-3H3/b6-5+. The average Bonchev–Trinajstić information content (AvgIpc) is 1.82. The molecule has 0 saturated heterocycles. The van der Waals surface area contributed by atoms with Crippen LogP contribution in [0.2, 0.25) is 0 Å². The molecule has 0 saturated carbocycles. The van der Waals surface area contributed by atoms with Crippen LogP contribution < -0.4 is 0 Å². The molecule has 0 aromatic carbocycles. The largest absolute Gasteiger partial charge is 0.299 e. The highest BCUT2D eigenvalue weighted by Crippen LogP contribution is 1.98. The van der Waals surface area contributed by atoms with Gasteiger partial charge in [-0.25, -0.2) is 0 Å². The average molecular weight is 126 g/mol. The van der Waals surface area contributed by atoms with Crippen LogP contribution >= 0.6 is 0 Å². The summed E-state index contributed by atoms with van der Waals surface area (Å²) in [6.45, 7) is 5.59. The van der Waals surface area contributed by atoms with Gasteiger partial charge in [0.25, 0.3) is 0 Å². The van der Waals surface area contributed by atoms with E-state index in [-0.39, 0.29) is 11.7 Å². The van der Waals surface area contributed by atoms with Crippen molar-refractivity contribution in [3.8, 4) is 0 Å². The fourth-order valence-electron chi connectivity index (χ4n) is 0.476. The Bertz CT molecular complexity index is 114. The van der Waals surface area contributed by atoms with Crippen molar-refractivity contribution in [2.24, 2.45) is 5.92 Å².